The van der Waals surface area contributed by atoms with Crippen LogP contribution in [-0.2, 0) is 0 Å². The molecule has 2 aliphatic rings. The highest BCUT2D eigenvalue weighted by Gasteiger charge is 2.22. The minimum atomic E-state index is 0.745. The summed E-state index contributed by atoms with van der Waals surface area (Å²) < 4.78 is 0. The van der Waals surface area contributed by atoms with Gasteiger partial charge in [-0.25, -0.2) is 0 Å². The van der Waals surface area contributed by atoms with Crippen molar-refractivity contribution < 1.29 is 0 Å². The molecular formula is C14H27ClN2. The van der Waals surface area contributed by atoms with Gasteiger partial charge in [0.25, 0.3) is 0 Å². The summed E-state index contributed by atoms with van der Waals surface area (Å²) in [4.78, 5) is 5.20. The highest BCUT2D eigenvalue weighted by molar-refractivity contribution is 6.18. The fourth-order valence-corrected chi connectivity index (χ4v) is 3.57. The summed E-state index contributed by atoms with van der Waals surface area (Å²) in [5, 5.41) is 0. The molecule has 0 amide bonds. The largest absolute Gasteiger partial charge is 0.303 e. The van der Waals surface area contributed by atoms with Gasteiger partial charge in [0.1, 0.15) is 0 Å². The van der Waals surface area contributed by atoms with Gasteiger partial charge in [0.05, 0.1) is 0 Å². The average Bonchev–Trinajstić information content (AvgIpc) is 2.38. The monoisotopic (exact) mass is 258 g/mol. The third-order valence-electron chi connectivity index (χ3n) is 4.52. The second-order valence-corrected chi connectivity index (χ2v) is 6.19. The third-order valence-corrected chi connectivity index (χ3v) is 4.96. The van der Waals surface area contributed by atoms with Crippen LogP contribution in [0.25, 0.3) is 0 Å². The normalized spacial score (nSPS) is 32.8. The third kappa shape index (κ3) is 4.11. The van der Waals surface area contributed by atoms with Crippen molar-refractivity contribution in [2.24, 2.45) is 5.92 Å². The van der Waals surface area contributed by atoms with E-state index in [2.05, 4.69) is 16.8 Å². The van der Waals surface area contributed by atoms with E-state index in [1.807, 2.05) is 0 Å². The Labute approximate surface area is 111 Å². The van der Waals surface area contributed by atoms with Gasteiger partial charge >= 0.3 is 0 Å². The number of nitrogens with zero attached hydrogens (tertiary/aromatic N) is 2. The summed E-state index contributed by atoms with van der Waals surface area (Å²) in [5.41, 5.74) is 0. The fraction of sp³-hybridized carbons (Fsp3) is 1.00. The zero-order valence-electron chi connectivity index (χ0n) is 11.2. The Hall–Kier alpha value is 0.210. The molecule has 0 radical (unpaired) electrons. The minimum absolute atomic E-state index is 0.745. The van der Waals surface area contributed by atoms with Crippen LogP contribution in [0.5, 0.6) is 0 Å². The molecule has 0 aromatic carbocycles. The molecule has 17 heavy (non-hydrogen) atoms. The lowest BCUT2D eigenvalue weighted by atomic mass is 9.97. The summed E-state index contributed by atoms with van der Waals surface area (Å²) in [6.45, 7) is 5.11. The van der Waals surface area contributed by atoms with Crippen LogP contribution in [0.1, 0.15) is 38.5 Å². The summed E-state index contributed by atoms with van der Waals surface area (Å²) in [7, 11) is 2.29. The number of halogens is 1. The Morgan fingerprint density at radius 3 is 2.76 bits per heavy atom. The molecule has 0 bridgehead atoms. The van der Waals surface area contributed by atoms with E-state index in [1.165, 1.54) is 64.7 Å². The minimum Gasteiger partial charge on any atom is -0.303 e. The Bertz CT molecular complexity index is 222. The molecular weight excluding hydrogens is 232 g/mol. The zero-order valence-corrected chi connectivity index (χ0v) is 12.0. The molecule has 2 rings (SSSR count). The fourth-order valence-electron chi connectivity index (χ4n) is 3.32. The zero-order chi connectivity index (χ0) is 12.1. The molecule has 0 aromatic heterocycles. The molecule has 2 unspecified atom stereocenters. The number of alkyl halides is 1. The van der Waals surface area contributed by atoms with Gasteiger partial charge in [-0.05, 0) is 64.7 Å². The number of hydrogen-bond donors (Lipinski definition) is 0. The summed E-state index contributed by atoms with van der Waals surface area (Å²) >= 11 is 5.98. The molecule has 0 spiro atoms. The molecule has 0 saturated carbocycles. The molecule has 2 saturated heterocycles. The SMILES string of the molecule is CN1CCCCC1CCN1CCCC(CCl)C1. The lowest BCUT2D eigenvalue weighted by molar-refractivity contribution is 0.133. The van der Waals surface area contributed by atoms with Crippen LogP contribution in [0.15, 0.2) is 0 Å². The van der Waals surface area contributed by atoms with Crippen molar-refractivity contribution in [2.75, 3.05) is 39.1 Å². The van der Waals surface area contributed by atoms with Crippen molar-refractivity contribution in [3.63, 3.8) is 0 Å². The second-order valence-electron chi connectivity index (χ2n) is 5.88. The average molecular weight is 259 g/mol. The molecule has 2 heterocycles. The molecule has 0 N–H and O–H groups in total. The van der Waals surface area contributed by atoms with Gasteiger partial charge in [0.2, 0.25) is 0 Å². The van der Waals surface area contributed by atoms with Gasteiger partial charge < -0.3 is 9.80 Å². The van der Waals surface area contributed by atoms with Crippen LogP contribution in [0.2, 0.25) is 0 Å². The quantitative estimate of drug-likeness (QED) is 0.716. The van der Waals surface area contributed by atoms with E-state index in [1.54, 1.807) is 0 Å². The maximum Gasteiger partial charge on any atom is 0.0263 e. The highest BCUT2D eigenvalue weighted by Crippen LogP contribution is 2.21. The van der Waals surface area contributed by atoms with E-state index in [-0.39, 0.29) is 0 Å². The Morgan fingerprint density at radius 1 is 1.12 bits per heavy atom. The van der Waals surface area contributed by atoms with Crippen molar-refractivity contribution in [3.05, 3.63) is 0 Å². The maximum absolute atomic E-state index is 5.98. The van der Waals surface area contributed by atoms with Crippen molar-refractivity contribution in [1.82, 2.24) is 9.80 Å². The number of hydrogen-bond acceptors (Lipinski definition) is 2. The highest BCUT2D eigenvalue weighted by atomic mass is 35.5. The Morgan fingerprint density at radius 2 is 2.00 bits per heavy atom. The Kier molecular flexibility index (Phi) is 5.58. The first-order valence-electron chi connectivity index (χ1n) is 7.28. The van der Waals surface area contributed by atoms with Gasteiger partial charge in [-0.15, -0.1) is 11.6 Å². The smallest absolute Gasteiger partial charge is 0.0263 e. The van der Waals surface area contributed by atoms with Gasteiger partial charge in [-0.3, -0.25) is 0 Å². The van der Waals surface area contributed by atoms with Crippen LogP contribution < -0.4 is 0 Å². The molecule has 0 aliphatic carbocycles. The van der Waals surface area contributed by atoms with Crippen molar-refractivity contribution in [3.8, 4) is 0 Å². The number of piperidine rings is 2. The van der Waals surface area contributed by atoms with Crippen LogP contribution >= 0.6 is 11.6 Å². The van der Waals surface area contributed by atoms with Crippen molar-refractivity contribution in [1.29, 1.82) is 0 Å². The topological polar surface area (TPSA) is 6.48 Å². The molecule has 2 nitrogen and oxygen atoms in total. The predicted molar refractivity (Wildman–Crippen MR) is 74.8 cm³/mol. The summed E-state index contributed by atoms with van der Waals surface area (Å²) in [6.07, 6.45) is 8.26. The van der Waals surface area contributed by atoms with E-state index in [0.29, 0.717) is 0 Å². The van der Waals surface area contributed by atoms with Crippen LogP contribution in [0.4, 0.5) is 0 Å². The first kappa shape index (κ1) is 13.6. The van der Waals surface area contributed by atoms with E-state index in [9.17, 15) is 0 Å². The molecule has 3 heteroatoms. The van der Waals surface area contributed by atoms with E-state index < -0.39 is 0 Å². The van der Waals surface area contributed by atoms with E-state index in [0.717, 1.165) is 17.8 Å². The van der Waals surface area contributed by atoms with Gasteiger partial charge in [-0.1, -0.05) is 6.42 Å². The first-order chi connectivity index (χ1) is 8.29. The van der Waals surface area contributed by atoms with E-state index >= 15 is 0 Å². The molecule has 2 atom stereocenters. The molecule has 0 aromatic rings. The number of rotatable bonds is 4. The standard InChI is InChI=1S/C14H27ClN2/c1-16-8-3-2-6-14(16)7-10-17-9-4-5-13(11-15)12-17/h13-14H,2-12H2,1H3. The lowest BCUT2D eigenvalue weighted by Gasteiger charge is -2.36. The first-order valence-corrected chi connectivity index (χ1v) is 7.81. The van der Waals surface area contributed by atoms with Gasteiger partial charge in [-0.2, -0.15) is 0 Å². The van der Waals surface area contributed by atoms with Crippen molar-refractivity contribution >= 4 is 11.6 Å². The van der Waals surface area contributed by atoms with Crippen LogP contribution in [0, 0.1) is 5.92 Å². The second kappa shape index (κ2) is 6.96. The van der Waals surface area contributed by atoms with Gasteiger partial charge in [0, 0.05) is 18.5 Å². The predicted octanol–water partition coefficient (Wildman–Crippen LogP) is 2.81. The molecule has 100 valence electrons. The van der Waals surface area contributed by atoms with Crippen molar-refractivity contribution in [2.45, 2.75) is 44.6 Å². The molecule has 2 fully saturated rings. The molecule has 2 aliphatic heterocycles. The number of likely N-dealkylation sites (tertiary alicyclic amines) is 2. The Balaban J connectivity index is 1.69. The van der Waals surface area contributed by atoms with Crippen LogP contribution in [0.3, 0.4) is 0 Å². The summed E-state index contributed by atoms with van der Waals surface area (Å²) in [5.74, 6) is 1.59. The van der Waals surface area contributed by atoms with E-state index in [4.69, 9.17) is 11.6 Å². The summed E-state index contributed by atoms with van der Waals surface area (Å²) in [6, 6.07) is 0.833. The van der Waals surface area contributed by atoms with Gasteiger partial charge in [0.15, 0.2) is 0 Å². The maximum atomic E-state index is 5.98. The lowest BCUT2D eigenvalue weighted by Crippen LogP contribution is -2.41. The van der Waals surface area contributed by atoms with Crippen LogP contribution in [-0.4, -0.2) is 54.9 Å².